The Labute approximate surface area is 101 Å². The molecule has 6 heteroatoms. The molecule has 1 atom stereocenters. The van der Waals surface area contributed by atoms with Crippen molar-refractivity contribution in [3.8, 4) is 0 Å². The Morgan fingerprint density at radius 1 is 1.41 bits per heavy atom. The molecular weight excluding hydrogens is 247 g/mol. The lowest BCUT2D eigenvalue weighted by atomic mass is 10.2. The highest BCUT2D eigenvalue weighted by Crippen LogP contribution is 2.29. The van der Waals surface area contributed by atoms with Crippen molar-refractivity contribution in [3.05, 3.63) is 29.6 Å². The average Bonchev–Trinajstić information content (AvgIpc) is 2.27. The molecule has 0 aliphatic heterocycles. The molecule has 1 unspecified atom stereocenters. The minimum Gasteiger partial charge on any atom is -0.480 e. The van der Waals surface area contributed by atoms with Crippen LogP contribution in [0.2, 0.25) is 0 Å². The van der Waals surface area contributed by atoms with Gasteiger partial charge in [0.05, 0.1) is 5.56 Å². The number of aromatic carboxylic acids is 1. The third kappa shape index (κ3) is 3.45. The standard InChI is InChI=1S/C11H11FO4S/c1-2-8(11(15)16)17-9-5-6(10(13)14)3-4-7(9)12/h3-5,8H,2H2,1H3,(H,13,14)(H,15,16). The van der Waals surface area contributed by atoms with E-state index in [1.807, 2.05) is 0 Å². The fourth-order valence-electron chi connectivity index (χ4n) is 1.19. The number of rotatable bonds is 5. The number of benzene rings is 1. The zero-order chi connectivity index (χ0) is 13.0. The van der Waals surface area contributed by atoms with Gasteiger partial charge in [-0.25, -0.2) is 9.18 Å². The molecule has 1 aromatic rings. The molecule has 0 saturated carbocycles. The van der Waals surface area contributed by atoms with E-state index in [9.17, 15) is 14.0 Å². The van der Waals surface area contributed by atoms with Crippen molar-refractivity contribution < 1.29 is 24.2 Å². The van der Waals surface area contributed by atoms with Crippen LogP contribution in [0.1, 0.15) is 23.7 Å². The maximum Gasteiger partial charge on any atom is 0.335 e. The number of carbonyl (C=O) groups is 2. The summed E-state index contributed by atoms with van der Waals surface area (Å²) in [5.74, 6) is -2.83. The first-order chi connectivity index (χ1) is 7.95. The van der Waals surface area contributed by atoms with Crippen LogP contribution < -0.4 is 0 Å². The van der Waals surface area contributed by atoms with Gasteiger partial charge in [-0.05, 0) is 24.6 Å². The Bertz CT molecular complexity index is 447. The highest BCUT2D eigenvalue weighted by Gasteiger charge is 2.19. The number of carboxylic acids is 2. The SMILES string of the molecule is CCC(Sc1cc(C(=O)O)ccc1F)C(=O)O. The molecule has 1 rings (SSSR count). The van der Waals surface area contributed by atoms with Crippen molar-refractivity contribution >= 4 is 23.7 Å². The second kappa shape index (κ2) is 5.67. The first kappa shape index (κ1) is 13.5. The van der Waals surface area contributed by atoms with Gasteiger partial charge in [0.1, 0.15) is 11.1 Å². The van der Waals surface area contributed by atoms with Crippen LogP contribution in [0.4, 0.5) is 4.39 Å². The first-order valence-corrected chi connectivity index (χ1v) is 5.76. The molecule has 0 aliphatic rings. The minimum atomic E-state index is -1.17. The molecule has 0 heterocycles. The lowest BCUT2D eigenvalue weighted by molar-refractivity contribution is -0.136. The Hall–Kier alpha value is -1.56. The van der Waals surface area contributed by atoms with Gasteiger partial charge in [-0.3, -0.25) is 4.79 Å². The number of carboxylic acid groups (broad SMARTS) is 2. The van der Waals surface area contributed by atoms with Crippen molar-refractivity contribution in [2.75, 3.05) is 0 Å². The maximum absolute atomic E-state index is 13.4. The predicted molar refractivity (Wildman–Crippen MR) is 60.9 cm³/mol. The molecule has 92 valence electrons. The van der Waals surface area contributed by atoms with Crippen molar-refractivity contribution in [3.63, 3.8) is 0 Å². The van der Waals surface area contributed by atoms with E-state index in [1.54, 1.807) is 6.92 Å². The number of aliphatic carboxylic acids is 1. The molecule has 0 spiro atoms. The highest BCUT2D eigenvalue weighted by molar-refractivity contribution is 8.00. The molecule has 2 N–H and O–H groups in total. The fraction of sp³-hybridized carbons (Fsp3) is 0.273. The maximum atomic E-state index is 13.4. The van der Waals surface area contributed by atoms with Gasteiger partial charge in [0.15, 0.2) is 0 Å². The topological polar surface area (TPSA) is 74.6 Å². The van der Waals surface area contributed by atoms with E-state index >= 15 is 0 Å². The van der Waals surface area contributed by atoms with E-state index < -0.39 is 23.0 Å². The first-order valence-electron chi connectivity index (χ1n) is 4.88. The zero-order valence-corrected chi connectivity index (χ0v) is 9.83. The lowest BCUT2D eigenvalue weighted by Crippen LogP contribution is -2.15. The van der Waals surface area contributed by atoms with E-state index in [-0.39, 0.29) is 10.5 Å². The van der Waals surface area contributed by atoms with Crippen LogP contribution in [0, 0.1) is 5.82 Å². The third-order valence-electron chi connectivity index (χ3n) is 2.09. The normalized spacial score (nSPS) is 12.1. The van der Waals surface area contributed by atoms with E-state index in [0.717, 1.165) is 30.0 Å². The summed E-state index contributed by atoms with van der Waals surface area (Å²) in [6, 6.07) is 3.32. The molecule has 0 aliphatic carbocycles. The third-order valence-corrected chi connectivity index (χ3v) is 3.48. The Balaban J connectivity index is 3.00. The predicted octanol–water partition coefficient (Wildman–Crippen LogP) is 2.48. The highest BCUT2D eigenvalue weighted by atomic mass is 32.2. The smallest absolute Gasteiger partial charge is 0.335 e. The molecule has 0 bridgehead atoms. The Morgan fingerprint density at radius 2 is 2.06 bits per heavy atom. The molecule has 0 fully saturated rings. The summed E-state index contributed by atoms with van der Waals surface area (Å²) in [4.78, 5) is 21.6. The van der Waals surface area contributed by atoms with Gasteiger partial charge in [0.2, 0.25) is 0 Å². The van der Waals surface area contributed by atoms with Gasteiger partial charge < -0.3 is 10.2 Å². The lowest BCUT2D eigenvalue weighted by Gasteiger charge is -2.10. The quantitative estimate of drug-likeness (QED) is 0.793. The van der Waals surface area contributed by atoms with E-state index in [0.29, 0.717) is 6.42 Å². The summed E-state index contributed by atoms with van der Waals surface area (Å²) >= 11 is 0.817. The molecule has 0 aromatic heterocycles. The van der Waals surface area contributed by atoms with Crippen LogP contribution in [0.25, 0.3) is 0 Å². The van der Waals surface area contributed by atoms with Gasteiger partial charge in [-0.15, -0.1) is 11.8 Å². The van der Waals surface area contributed by atoms with Crippen LogP contribution in [0.5, 0.6) is 0 Å². The molecule has 17 heavy (non-hydrogen) atoms. The minimum absolute atomic E-state index is 0.0409. The van der Waals surface area contributed by atoms with Gasteiger partial charge >= 0.3 is 11.9 Å². The molecule has 4 nitrogen and oxygen atoms in total. The number of hydrogen-bond donors (Lipinski definition) is 2. The zero-order valence-electron chi connectivity index (χ0n) is 9.01. The number of hydrogen-bond acceptors (Lipinski definition) is 3. The molecule has 0 radical (unpaired) electrons. The Kier molecular flexibility index (Phi) is 4.51. The molecular formula is C11H11FO4S. The molecule has 1 aromatic carbocycles. The van der Waals surface area contributed by atoms with Crippen LogP contribution in [-0.4, -0.2) is 27.4 Å². The van der Waals surface area contributed by atoms with Crippen molar-refractivity contribution in [1.29, 1.82) is 0 Å². The summed E-state index contributed by atoms with van der Waals surface area (Å²) in [5, 5.41) is 16.8. The van der Waals surface area contributed by atoms with Crippen LogP contribution in [-0.2, 0) is 4.79 Å². The Morgan fingerprint density at radius 3 is 2.53 bits per heavy atom. The monoisotopic (exact) mass is 258 g/mol. The van der Waals surface area contributed by atoms with E-state index in [4.69, 9.17) is 10.2 Å². The largest absolute Gasteiger partial charge is 0.480 e. The fourth-order valence-corrected chi connectivity index (χ4v) is 2.14. The number of thioether (sulfide) groups is 1. The second-order valence-electron chi connectivity index (χ2n) is 3.30. The van der Waals surface area contributed by atoms with E-state index in [1.165, 1.54) is 0 Å². The van der Waals surface area contributed by atoms with Crippen molar-refractivity contribution in [2.24, 2.45) is 0 Å². The molecule has 0 amide bonds. The van der Waals surface area contributed by atoms with Crippen molar-refractivity contribution in [2.45, 2.75) is 23.5 Å². The van der Waals surface area contributed by atoms with Crippen LogP contribution in [0.3, 0.4) is 0 Å². The molecule has 0 saturated heterocycles. The summed E-state index contributed by atoms with van der Waals surface area (Å²) in [7, 11) is 0. The van der Waals surface area contributed by atoms with Gasteiger partial charge in [0.25, 0.3) is 0 Å². The second-order valence-corrected chi connectivity index (χ2v) is 4.55. The van der Waals surface area contributed by atoms with Crippen molar-refractivity contribution in [1.82, 2.24) is 0 Å². The average molecular weight is 258 g/mol. The summed E-state index contributed by atoms with van der Waals surface area (Å²) in [6.45, 7) is 1.67. The van der Waals surface area contributed by atoms with E-state index in [2.05, 4.69) is 0 Å². The van der Waals surface area contributed by atoms with Gasteiger partial charge in [-0.1, -0.05) is 6.92 Å². The van der Waals surface area contributed by atoms with Gasteiger partial charge in [0, 0.05) is 4.90 Å². The number of halogens is 1. The summed E-state index contributed by atoms with van der Waals surface area (Å²) < 4.78 is 13.4. The van der Waals surface area contributed by atoms with Crippen LogP contribution in [0.15, 0.2) is 23.1 Å². The summed E-state index contributed by atoms with van der Waals surface area (Å²) in [5.41, 5.74) is -0.0610. The summed E-state index contributed by atoms with van der Waals surface area (Å²) in [6.07, 6.45) is 0.330. The van der Waals surface area contributed by atoms with Crippen LogP contribution >= 0.6 is 11.8 Å². The van der Waals surface area contributed by atoms with Gasteiger partial charge in [-0.2, -0.15) is 0 Å².